The van der Waals surface area contributed by atoms with Crippen molar-refractivity contribution in [1.82, 2.24) is 4.31 Å². The van der Waals surface area contributed by atoms with Gasteiger partial charge in [-0.15, -0.1) is 0 Å². The lowest BCUT2D eigenvalue weighted by Crippen LogP contribution is -2.42. The van der Waals surface area contributed by atoms with Crippen molar-refractivity contribution in [3.8, 4) is 0 Å². The first-order chi connectivity index (χ1) is 10.3. The molecule has 1 aromatic rings. The third kappa shape index (κ3) is 4.08. The summed E-state index contributed by atoms with van der Waals surface area (Å²) in [5.41, 5.74) is 2.05. The highest BCUT2D eigenvalue weighted by atomic mass is 32.2. The first-order valence-corrected chi connectivity index (χ1v) is 9.47. The van der Waals surface area contributed by atoms with Gasteiger partial charge in [0.05, 0.1) is 12.8 Å². The van der Waals surface area contributed by atoms with Crippen LogP contribution >= 0.6 is 0 Å². The number of nitrogens with zero attached hydrogens (tertiary/aromatic N) is 2. The van der Waals surface area contributed by atoms with E-state index in [2.05, 4.69) is 0 Å². The molecule has 0 radical (unpaired) electrons. The molecule has 0 spiro atoms. The van der Waals surface area contributed by atoms with E-state index in [1.165, 1.54) is 10.6 Å². The van der Waals surface area contributed by atoms with Crippen LogP contribution in [0.5, 0.6) is 0 Å². The molecule has 0 saturated heterocycles. The van der Waals surface area contributed by atoms with E-state index in [4.69, 9.17) is 0 Å². The first kappa shape index (κ1) is 17.0. The van der Waals surface area contributed by atoms with Gasteiger partial charge >= 0.3 is 0 Å². The maximum atomic E-state index is 12.5. The number of amides is 1. The maximum absolute atomic E-state index is 12.5. The molecule has 122 valence electrons. The Bertz CT molecular complexity index is 641. The van der Waals surface area contributed by atoms with Crippen molar-refractivity contribution in [2.75, 3.05) is 30.8 Å². The fourth-order valence-corrected chi connectivity index (χ4v) is 3.38. The van der Waals surface area contributed by atoms with E-state index in [0.717, 1.165) is 24.1 Å². The molecular weight excluding hydrogens is 300 g/mol. The smallest absolute Gasteiger partial charge is 0.242 e. The van der Waals surface area contributed by atoms with Crippen molar-refractivity contribution < 1.29 is 13.2 Å². The number of hydrogen-bond donors (Lipinski definition) is 0. The Morgan fingerprint density at radius 2 is 2.00 bits per heavy atom. The molecule has 1 aliphatic rings. The second kappa shape index (κ2) is 6.79. The maximum Gasteiger partial charge on any atom is 0.242 e. The van der Waals surface area contributed by atoms with Crippen molar-refractivity contribution in [3.05, 3.63) is 29.8 Å². The van der Waals surface area contributed by atoms with Crippen LogP contribution in [-0.2, 0) is 21.2 Å². The first-order valence-electron chi connectivity index (χ1n) is 7.62. The highest BCUT2D eigenvalue weighted by molar-refractivity contribution is 7.88. The summed E-state index contributed by atoms with van der Waals surface area (Å²) in [6, 6.07) is 7.78. The molecule has 1 amide bonds. The Morgan fingerprint density at radius 3 is 2.64 bits per heavy atom. The van der Waals surface area contributed by atoms with Crippen LogP contribution in [0.3, 0.4) is 0 Å². The Hall–Kier alpha value is -1.40. The van der Waals surface area contributed by atoms with Crippen LogP contribution in [-0.4, -0.2) is 44.5 Å². The lowest BCUT2D eigenvalue weighted by molar-refractivity contribution is -0.118. The number of para-hydroxylation sites is 1. The Morgan fingerprint density at radius 1 is 1.32 bits per heavy atom. The fourth-order valence-electron chi connectivity index (χ4n) is 2.60. The minimum Gasteiger partial charge on any atom is -0.311 e. The molecule has 0 bridgehead atoms. The minimum atomic E-state index is -3.38. The van der Waals surface area contributed by atoms with Gasteiger partial charge in [-0.1, -0.05) is 32.0 Å². The van der Waals surface area contributed by atoms with Gasteiger partial charge in [0, 0.05) is 18.8 Å². The molecule has 1 aliphatic heterocycles. The fraction of sp³-hybridized carbons (Fsp3) is 0.562. The van der Waals surface area contributed by atoms with Gasteiger partial charge in [-0.25, -0.2) is 8.42 Å². The predicted octanol–water partition coefficient (Wildman–Crippen LogP) is 1.88. The molecular formula is C16H24N2O3S. The van der Waals surface area contributed by atoms with Gasteiger partial charge in [-0.2, -0.15) is 4.31 Å². The average Bonchev–Trinajstić information content (AvgIpc) is 2.85. The van der Waals surface area contributed by atoms with E-state index >= 15 is 0 Å². The molecule has 1 heterocycles. The second-order valence-electron chi connectivity index (χ2n) is 6.20. The van der Waals surface area contributed by atoms with Crippen LogP contribution in [0.25, 0.3) is 0 Å². The Kier molecular flexibility index (Phi) is 5.24. The van der Waals surface area contributed by atoms with Gasteiger partial charge in [-0.3, -0.25) is 4.79 Å². The van der Waals surface area contributed by atoms with E-state index in [-0.39, 0.29) is 12.5 Å². The molecule has 2 rings (SSSR count). The highest BCUT2D eigenvalue weighted by Gasteiger charge is 2.28. The number of sulfonamides is 1. The molecule has 1 aromatic carbocycles. The van der Waals surface area contributed by atoms with Crippen molar-refractivity contribution in [1.29, 1.82) is 0 Å². The highest BCUT2D eigenvalue weighted by Crippen LogP contribution is 2.27. The molecule has 0 aliphatic carbocycles. The molecule has 0 saturated carbocycles. The topological polar surface area (TPSA) is 57.7 Å². The summed E-state index contributed by atoms with van der Waals surface area (Å²) in [6.45, 7) is 5.01. The Balaban J connectivity index is 2.09. The molecule has 0 aromatic heterocycles. The van der Waals surface area contributed by atoms with Crippen LogP contribution < -0.4 is 4.90 Å². The van der Waals surface area contributed by atoms with Crippen molar-refractivity contribution in [2.45, 2.75) is 26.7 Å². The number of rotatable bonds is 6. The zero-order chi connectivity index (χ0) is 16.3. The van der Waals surface area contributed by atoms with Crippen molar-refractivity contribution >= 4 is 21.6 Å². The number of fused-ring (bicyclic) bond motifs is 1. The lowest BCUT2D eigenvalue weighted by atomic mass is 10.1. The molecule has 0 unspecified atom stereocenters. The van der Waals surface area contributed by atoms with Crippen LogP contribution in [0.1, 0.15) is 25.8 Å². The van der Waals surface area contributed by atoms with Gasteiger partial charge in [0.25, 0.3) is 0 Å². The van der Waals surface area contributed by atoms with Crippen LogP contribution in [0.4, 0.5) is 5.69 Å². The van der Waals surface area contributed by atoms with E-state index in [9.17, 15) is 13.2 Å². The third-order valence-corrected chi connectivity index (χ3v) is 5.17. The summed E-state index contributed by atoms with van der Waals surface area (Å²) in [5.74, 6) is 0.242. The van der Waals surface area contributed by atoms with E-state index in [0.29, 0.717) is 19.0 Å². The van der Waals surface area contributed by atoms with E-state index in [1.54, 1.807) is 4.90 Å². The van der Waals surface area contributed by atoms with Gasteiger partial charge in [0.1, 0.15) is 0 Å². The number of carbonyl (C=O) groups is 1. The van der Waals surface area contributed by atoms with Gasteiger partial charge < -0.3 is 4.90 Å². The zero-order valence-corrected chi connectivity index (χ0v) is 14.3. The minimum absolute atomic E-state index is 0.0834. The molecule has 0 fully saturated rings. The molecule has 0 N–H and O–H groups in total. The summed E-state index contributed by atoms with van der Waals surface area (Å²) in [5, 5.41) is 0. The lowest BCUT2D eigenvalue weighted by Gasteiger charge is -2.24. The SMILES string of the molecule is CC(C)CCN(CC(=O)N1CCc2ccccc21)S(C)(=O)=O. The molecule has 0 atom stereocenters. The number of hydrogen-bond acceptors (Lipinski definition) is 3. The summed E-state index contributed by atoms with van der Waals surface area (Å²) >= 11 is 0. The van der Waals surface area contributed by atoms with Gasteiger partial charge in [0.15, 0.2) is 0 Å². The van der Waals surface area contributed by atoms with Crippen LogP contribution in [0.15, 0.2) is 24.3 Å². The average molecular weight is 324 g/mol. The summed E-state index contributed by atoms with van der Waals surface area (Å²) < 4.78 is 25.1. The zero-order valence-electron chi connectivity index (χ0n) is 13.4. The number of anilines is 1. The summed E-state index contributed by atoms with van der Waals surface area (Å²) in [6.07, 6.45) is 2.74. The van der Waals surface area contributed by atoms with Crippen LogP contribution in [0, 0.1) is 5.92 Å². The van der Waals surface area contributed by atoms with Crippen molar-refractivity contribution in [3.63, 3.8) is 0 Å². The Labute approximate surface area is 133 Å². The normalized spacial score (nSPS) is 14.7. The largest absolute Gasteiger partial charge is 0.311 e. The van der Waals surface area contributed by atoms with Gasteiger partial charge in [-0.05, 0) is 30.4 Å². The molecule has 22 heavy (non-hydrogen) atoms. The van der Waals surface area contributed by atoms with Crippen LogP contribution in [0.2, 0.25) is 0 Å². The second-order valence-corrected chi connectivity index (χ2v) is 8.19. The number of benzene rings is 1. The standard InChI is InChI=1S/C16H24N2O3S/c1-13(2)8-10-17(22(3,20)21)12-16(19)18-11-9-14-6-4-5-7-15(14)18/h4-7,13H,8-12H2,1-3H3. The monoisotopic (exact) mass is 324 g/mol. The molecule has 6 heteroatoms. The van der Waals surface area contributed by atoms with E-state index in [1.807, 2.05) is 38.1 Å². The number of carbonyl (C=O) groups excluding carboxylic acids is 1. The van der Waals surface area contributed by atoms with E-state index < -0.39 is 10.0 Å². The van der Waals surface area contributed by atoms with Crippen molar-refractivity contribution in [2.24, 2.45) is 5.92 Å². The quantitative estimate of drug-likeness (QED) is 0.803. The summed E-state index contributed by atoms with van der Waals surface area (Å²) in [7, 11) is -3.38. The molecule has 5 nitrogen and oxygen atoms in total. The summed E-state index contributed by atoms with van der Waals surface area (Å²) in [4.78, 5) is 14.2. The predicted molar refractivity (Wildman–Crippen MR) is 88.4 cm³/mol. The third-order valence-electron chi connectivity index (χ3n) is 3.92. The van der Waals surface area contributed by atoms with Gasteiger partial charge in [0.2, 0.25) is 15.9 Å².